The Bertz CT molecular complexity index is 1100. The number of sulfonamides is 1. The van der Waals surface area contributed by atoms with E-state index in [2.05, 4.69) is 5.32 Å². The van der Waals surface area contributed by atoms with E-state index in [9.17, 15) is 17.6 Å². The summed E-state index contributed by atoms with van der Waals surface area (Å²) in [6.07, 6.45) is 1.15. The molecule has 5 nitrogen and oxygen atoms in total. The molecule has 3 aromatic carbocycles. The largest absolute Gasteiger partial charge is 0.346 e. The molecule has 1 atom stereocenters. The third kappa shape index (κ3) is 5.45. The Morgan fingerprint density at radius 2 is 1.57 bits per heavy atom. The molecular weight excluding hydrogens is 403 g/mol. The summed E-state index contributed by atoms with van der Waals surface area (Å²) in [6.45, 7) is 2.01. The van der Waals surface area contributed by atoms with E-state index in [0.717, 1.165) is 17.4 Å². The van der Waals surface area contributed by atoms with E-state index in [1.165, 1.54) is 16.4 Å². The van der Waals surface area contributed by atoms with Crippen LogP contribution in [0.3, 0.4) is 0 Å². The van der Waals surface area contributed by atoms with Gasteiger partial charge in [0.15, 0.2) is 0 Å². The number of halogens is 1. The zero-order chi connectivity index (χ0) is 21.7. The highest BCUT2D eigenvalue weighted by Gasteiger charge is 2.19. The monoisotopic (exact) mass is 426 g/mol. The third-order valence-corrected chi connectivity index (χ3v) is 5.85. The van der Waals surface area contributed by atoms with Gasteiger partial charge in [0.1, 0.15) is 5.82 Å². The zero-order valence-electron chi connectivity index (χ0n) is 16.7. The molecule has 1 amide bonds. The third-order valence-electron chi connectivity index (χ3n) is 4.70. The van der Waals surface area contributed by atoms with E-state index in [0.29, 0.717) is 11.3 Å². The lowest BCUT2D eigenvalue weighted by molar-refractivity contribution is 0.0940. The number of carbonyl (C=O) groups is 1. The minimum Gasteiger partial charge on any atom is -0.346 e. The molecule has 1 N–H and O–H groups in total. The summed E-state index contributed by atoms with van der Waals surface area (Å²) < 4.78 is 39.0. The Labute approximate surface area is 176 Å². The van der Waals surface area contributed by atoms with Crippen molar-refractivity contribution in [3.8, 4) is 0 Å². The SMILES string of the molecule is C[C@@H](NC(=O)c1ccc(N(Cc2ccccc2)S(C)(=O)=O)cc1)c1ccc(F)cc1. The van der Waals surface area contributed by atoms with E-state index in [1.807, 2.05) is 37.3 Å². The molecule has 0 aromatic heterocycles. The predicted octanol–water partition coefficient (Wildman–Crippen LogP) is 4.28. The quantitative estimate of drug-likeness (QED) is 0.613. The van der Waals surface area contributed by atoms with Crippen LogP contribution in [0, 0.1) is 5.82 Å². The van der Waals surface area contributed by atoms with Crippen LogP contribution in [0.4, 0.5) is 10.1 Å². The highest BCUT2D eigenvalue weighted by molar-refractivity contribution is 7.92. The maximum atomic E-state index is 13.1. The van der Waals surface area contributed by atoms with E-state index in [-0.39, 0.29) is 24.3 Å². The molecule has 30 heavy (non-hydrogen) atoms. The zero-order valence-corrected chi connectivity index (χ0v) is 17.6. The molecule has 0 radical (unpaired) electrons. The summed E-state index contributed by atoms with van der Waals surface area (Å²) in [7, 11) is -3.51. The van der Waals surface area contributed by atoms with E-state index in [4.69, 9.17) is 0 Å². The van der Waals surface area contributed by atoms with Gasteiger partial charge in [0.2, 0.25) is 10.0 Å². The lowest BCUT2D eigenvalue weighted by atomic mass is 10.1. The Morgan fingerprint density at radius 1 is 0.967 bits per heavy atom. The lowest BCUT2D eigenvalue weighted by Crippen LogP contribution is -2.29. The average Bonchev–Trinajstić information content (AvgIpc) is 2.72. The molecule has 0 aliphatic heterocycles. The first-order chi connectivity index (χ1) is 14.2. The standard InChI is InChI=1S/C23H23FN2O3S/c1-17(19-8-12-21(24)13-9-19)25-23(27)20-10-14-22(15-11-20)26(30(2,28)29)16-18-6-4-3-5-7-18/h3-15,17H,16H2,1-2H3,(H,25,27)/t17-/m1/s1. The summed E-state index contributed by atoms with van der Waals surface area (Å²) >= 11 is 0. The van der Waals surface area contributed by atoms with Gasteiger partial charge in [-0.3, -0.25) is 9.10 Å². The van der Waals surface area contributed by atoms with Crippen molar-refractivity contribution in [3.63, 3.8) is 0 Å². The number of anilines is 1. The number of rotatable bonds is 7. The highest BCUT2D eigenvalue weighted by Crippen LogP contribution is 2.22. The molecule has 0 fully saturated rings. The van der Waals surface area contributed by atoms with E-state index >= 15 is 0 Å². The van der Waals surface area contributed by atoms with Crippen LogP contribution in [0.1, 0.15) is 34.5 Å². The number of carbonyl (C=O) groups excluding carboxylic acids is 1. The fourth-order valence-corrected chi connectivity index (χ4v) is 3.93. The van der Waals surface area contributed by atoms with Crippen molar-refractivity contribution in [2.45, 2.75) is 19.5 Å². The smallest absolute Gasteiger partial charge is 0.251 e. The van der Waals surface area contributed by atoms with Crippen molar-refractivity contribution in [2.24, 2.45) is 0 Å². The summed E-state index contributed by atoms with van der Waals surface area (Å²) in [5.41, 5.74) is 2.52. The van der Waals surface area contributed by atoms with Gasteiger partial charge in [-0.05, 0) is 54.4 Å². The minimum atomic E-state index is -3.51. The first-order valence-electron chi connectivity index (χ1n) is 9.42. The first kappa shape index (κ1) is 21.5. The number of amides is 1. The molecule has 0 spiro atoms. The van der Waals surface area contributed by atoms with Crippen molar-refractivity contribution in [1.82, 2.24) is 5.32 Å². The van der Waals surface area contributed by atoms with Gasteiger partial charge in [0.05, 0.1) is 24.5 Å². The number of hydrogen-bond acceptors (Lipinski definition) is 3. The topological polar surface area (TPSA) is 66.5 Å². The van der Waals surface area contributed by atoms with Crippen LogP contribution in [0.5, 0.6) is 0 Å². The minimum absolute atomic E-state index is 0.201. The van der Waals surface area contributed by atoms with Crippen molar-refractivity contribution < 1.29 is 17.6 Å². The van der Waals surface area contributed by atoms with Crippen LogP contribution in [0.25, 0.3) is 0 Å². The van der Waals surface area contributed by atoms with Gasteiger partial charge in [-0.2, -0.15) is 0 Å². The number of nitrogens with zero attached hydrogens (tertiary/aromatic N) is 1. The normalized spacial score (nSPS) is 12.2. The van der Waals surface area contributed by atoms with Gasteiger partial charge in [0.25, 0.3) is 5.91 Å². The molecule has 0 bridgehead atoms. The molecule has 0 heterocycles. The molecule has 3 rings (SSSR count). The molecule has 0 saturated heterocycles. The number of benzene rings is 3. The highest BCUT2D eigenvalue weighted by atomic mass is 32.2. The molecule has 0 aliphatic carbocycles. The van der Waals surface area contributed by atoms with Crippen LogP contribution in [0.15, 0.2) is 78.9 Å². The molecule has 0 unspecified atom stereocenters. The van der Waals surface area contributed by atoms with Crippen LogP contribution < -0.4 is 9.62 Å². The Kier molecular flexibility index (Phi) is 6.52. The molecule has 0 saturated carbocycles. The summed E-state index contributed by atoms with van der Waals surface area (Å²) in [4.78, 5) is 12.5. The maximum absolute atomic E-state index is 13.1. The van der Waals surface area contributed by atoms with Crippen LogP contribution in [-0.2, 0) is 16.6 Å². The van der Waals surface area contributed by atoms with E-state index in [1.54, 1.807) is 36.4 Å². The Morgan fingerprint density at radius 3 is 2.13 bits per heavy atom. The first-order valence-corrected chi connectivity index (χ1v) is 11.3. The average molecular weight is 427 g/mol. The van der Waals surface area contributed by atoms with Crippen molar-refractivity contribution in [1.29, 1.82) is 0 Å². The fraction of sp³-hybridized carbons (Fsp3) is 0.174. The van der Waals surface area contributed by atoms with Gasteiger partial charge in [-0.1, -0.05) is 42.5 Å². The maximum Gasteiger partial charge on any atom is 0.251 e. The molecule has 0 aliphatic rings. The molecule has 156 valence electrons. The summed E-state index contributed by atoms with van der Waals surface area (Å²) in [5.74, 6) is -0.633. The second kappa shape index (κ2) is 9.09. The second-order valence-corrected chi connectivity index (χ2v) is 8.96. The fourth-order valence-electron chi connectivity index (χ4n) is 3.04. The number of nitrogens with one attached hydrogen (secondary N) is 1. The van der Waals surface area contributed by atoms with E-state index < -0.39 is 10.0 Å². The lowest BCUT2D eigenvalue weighted by Gasteiger charge is -2.23. The number of hydrogen-bond donors (Lipinski definition) is 1. The van der Waals surface area contributed by atoms with Crippen molar-refractivity contribution in [3.05, 3.63) is 101 Å². The van der Waals surface area contributed by atoms with Gasteiger partial charge in [0, 0.05) is 5.56 Å². The molecular formula is C23H23FN2O3S. The van der Waals surface area contributed by atoms with Gasteiger partial charge >= 0.3 is 0 Å². The molecule has 3 aromatic rings. The van der Waals surface area contributed by atoms with Gasteiger partial charge in [-0.25, -0.2) is 12.8 Å². The van der Waals surface area contributed by atoms with Crippen LogP contribution in [0.2, 0.25) is 0 Å². The summed E-state index contributed by atoms with van der Waals surface area (Å²) in [5, 5.41) is 2.86. The molecule has 7 heteroatoms. The van der Waals surface area contributed by atoms with Crippen molar-refractivity contribution in [2.75, 3.05) is 10.6 Å². The van der Waals surface area contributed by atoms with Gasteiger partial charge in [-0.15, -0.1) is 0 Å². The Hall–Kier alpha value is -3.19. The predicted molar refractivity (Wildman–Crippen MR) is 116 cm³/mol. The van der Waals surface area contributed by atoms with Crippen molar-refractivity contribution >= 4 is 21.6 Å². The van der Waals surface area contributed by atoms with Gasteiger partial charge < -0.3 is 5.32 Å². The Balaban J connectivity index is 1.74. The van der Waals surface area contributed by atoms with Crippen LogP contribution in [-0.4, -0.2) is 20.6 Å². The summed E-state index contributed by atoms with van der Waals surface area (Å²) in [6, 6.07) is 21.3. The second-order valence-electron chi connectivity index (χ2n) is 7.05. The van der Waals surface area contributed by atoms with Crippen LogP contribution >= 0.6 is 0 Å².